The summed E-state index contributed by atoms with van der Waals surface area (Å²) >= 11 is 0. The van der Waals surface area contributed by atoms with Gasteiger partial charge in [0.1, 0.15) is 0 Å². The molecule has 0 aliphatic heterocycles. The fourth-order valence-corrected chi connectivity index (χ4v) is 3.67. The van der Waals surface area contributed by atoms with Gasteiger partial charge in [0.15, 0.2) is 5.82 Å². The summed E-state index contributed by atoms with van der Waals surface area (Å²) in [4.78, 5) is 16.3. The second-order valence-corrected chi connectivity index (χ2v) is 6.86. The van der Waals surface area contributed by atoms with Crippen LogP contribution < -0.4 is 0 Å². The highest BCUT2D eigenvalue weighted by molar-refractivity contribution is 5.80. The van der Waals surface area contributed by atoms with Gasteiger partial charge in [0, 0.05) is 24.2 Å². The molecule has 1 aromatic carbocycles. The summed E-state index contributed by atoms with van der Waals surface area (Å²) in [6.07, 6.45) is -0.332. The standard InChI is InChI=1S/C21H18F3N3O2/c1-2-29-20(28)19-17(13-6-4-3-5-7-13)18(19)14-10-26-27(12-14)16-9-8-15(11-25-16)21(22,23)24/h3-12,17-19H,2H2,1H3. The van der Waals surface area contributed by atoms with E-state index >= 15 is 0 Å². The van der Waals surface area contributed by atoms with Crippen LogP contribution in [0, 0.1) is 5.92 Å². The van der Waals surface area contributed by atoms with Crippen molar-refractivity contribution < 1.29 is 22.7 Å². The van der Waals surface area contributed by atoms with Crippen LogP contribution in [-0.2, 0) is 15.7 Å². The summed E-state index contributed by atoms with van der Waals surface area (Å²) in [5, 5.41) is 4.23. The Kier molecular flexibility index (Phi) is 4.86. The van der Waals surface area contributed by atoms with Crippen molar-refractivity contribution in [1.82, 2.24) is 14.8 Å². The molecule has 4 rings (SSSR count). The Morgan fingerprint density at radius 1 is 1.07 bits per heavy atom. The maximum absolute atomic E-state index is 12.7. The average Bonchev–Trinajstić information content (AvgIpc) is 3.27. The van der Waals surface area contributed by atoms with Crippen LogP contribution in [0.3, 0.4) is 0 Å². The first-order valence-electron chi connectivity index (χ1n) is 9.20. The van der Waals surface area contributed by atoms with Crippen molar-refractivity contribution in [2.24, 2.45) is 5.92 Å². The van der Waals surface area contributed by atoms with Gasteiger partial charge in [0.05, 0.1) is 24.3 Å². The van der Waals surface area contributed by atoms with Crippen molar-refractivity contribution in [2.75, 3.05) is 6.61 Å². The molecule has 2 heterocycles. The third-order valence-electron chi connectivity index (χ3n) is 5.06. The Labute approximate surface area is 165 Å². The number of nitrogens with zero attached hydrogens (tertiary/aromatic N) is 3. The molecule has 8 heteroatoms. The first kappa shape index (κ1) is 19.2. The highest BCUT2D eigenvalue weighted by Gasteiger charge is 2.57. The minimum absolute atomic E-state index is 0.0199. The number of carbonyl (C=O) groups is 1. The quantitative estimate of drug-likeness (QED) is 0.597. The number of alkyl halides is 3. The number of benzene rings is 1. The minimum Gasteiger partial charge on any atom is -0.466 e. The molecule has 150 valence electrons. The monoisotopic (exact) mass is 401 g/mol. The van der Waals surface area contributed by atoms with E-state index in [1.54, 1.807) is 19.3 Å². The molecule has 0 spiro atoms. The molecule has 3 unspecified atom stereocenters. The van der Waals surface area contributed by atoms with Crippen LogP contribution in [0.4, 0.5) is 13.2 Å². The fourth-order valence-electron chi connectivity index (χ4n) is 3.67. The Balaban J connectivity index is 1.60. The van der Waals surface area contributed by atoms with Gasteiger partial charge in [-0.1, -0.05) is 30.3 Å². The summed E-state index contributed by atoms with van der Waals surface area (Å²) in [6.45, 7) is 2.07. The van der Waals surface area contributed by atoms with E-state index in [4.69, 9.17) is 4.74 Å². The van der Waals surface area contributed by atoms with E-state index in [1.165, 1.54) is 10.7 Å². The summed E-state index contributed by atoms with van der Waals surface area (Å²) in [7, 11) is 0. The van der Waals surface area contributed by atoms with Crippen LogP contribution in [0.1, 0.15) is 35.4 Å². The number of ether oxygens (including phenoxy) is 1. The third kappa shape index (κ3) is 3.74. The molecule has 29 heavy (non-hydrogen) atoms. The second kappa shape index (κ2) is 7.35. The van der Waals surface area contributed by atoms with Gasteiger partial charge in [0.2, 0.25) is 0 Å². The molecule has 3 aromatic rings. The van der Waals surface area contributed by atoms with Crippen molar-refractivity contribution >= 4 is 5.97 Å². The van der Waals surface area contributed by atoms with Gasteiger partial charge in [0.25, 0.3) is 0 Å². The molecule has 3 atom stereocenters. The van der Waals surface area contributed by atoms with Gasteiger partial charge in [-0.25, -0.2) is 9.67 Å². The molecule has 0 radical (unpaired) electrons. The molecule has 0 bridgehead atoms. The highest BCUT2D eigenvalue weighted by Crippen LogP contribution is 2.60. The molecular weight excluding hydrogens is 383 g/mol. The number of aromatic nitrogens is 3. The smallest absolute Gasteiger partial charge is 0.417 e. The van der Waals surface area contributed by atoms with E-state index in [2.05, 4.69) is 10.1 Å². The first-order valence-corrected chi connectivity index (χ1v) is 9.20. The SMILES string of the molecule is CCOC(=O)C1C(c2ccccc2)C1c1cnn(-c2ccc(C(F)(F)F)cn2)c1. The number of halogens is 3. The number of pyridine rings is 1. The summed E-state index contributed by atoms with van der Waals surface area (Å²) in [5.41, 5.74) is 1.04. The molecule has 1 fully saturated rings. The lowest BCUT2D eigenvalue weighted by Gasteiger charge is -2.06. The lowest BCUT2D eigenvalue weighted by molar-refractivity contribution is -0.145. The molecular formula is C21H18F3N3O2. The largest absolute Gasteiger partial charge is 0.466 e. The van der Waals surface area contributed by atoms with Crippen molar-refractivity contribution in [3.63, 3.8) is 0 Å². The van der Waals surface area contributed by atoms with Crippen LogP contribution in [-0.4, -0.2) is 27.3 Å². The van der Waals surface area contributed by atoms with E-state index in [0.29, 0.717) is 6.61 Å². The number of carbonyl (C=O) groups excluding carboxylic acids is 1. The third-order valence-corrected chi connectivity index (χ3v) is 5.06. The molecule has 1 aliphatic carbocycles. The fraction of sp³-hybridized carbons (Fsp3) is 0.286. The molecule has 1 aliphatic rings. The number of hydrogen-bond donors (Lipinski definition) is 0. The predicted molar refractivity (Wildman–Crippen MR) is 98.4 cm³/mol. The van der Waals surface area contributed by atoms with Crippen molar-refractivity contribution in [2.45, 2.75) is 24.9 Å². The van der Waals surface area contributed by atoms with Crippen molar-refractivity contribution in [3.05, 3.63) is 77.7 Å². The van der Waals surface area contributed by atoms with Gasteiger partial charge < -0.3 is 4.74 Å². The normalized spacial score (nSPS) is 21.0. The molecule has 2 aromatic heterocycles. The molecule has 1 saturated carbocycles. The zero-order valence-corrected chi connectivity index (χ0v) is 15.5. The van der Waals surface area contributed by atoms with Crippen LogP contribution in [0.5, 0.6) is 0 Å². The maximum Gasteiger partial charge on any atom is 0.417 e. The Morgan fingerprint density at radius 3 is 2.41 bits per heavy atom. The van der Waals surface area contributed by atoms with E-state index in [9.17, 15) is 18.0 Å². The van der Waals surface area contributed by atoms with Gasteiger partial charge >= 0.3 is 12.1 Å². The molecule has 0 amide bonds. The topological polar surface area (TPSA) is 57.0 Å². The highest BCUT2D eigenvalue weighted by atomic mass is 19.4. The van der Waals surface area contributed by atoms with Crippen LogP contribution in [0.15, 0.2) is 61.1 Å². The number of hydrogen-bond acceptors (Lipinski definition) is 4. The van der Waals surface area contributed by atoms with Crippen LogP contribution in [0.2, 0.25) is 0 Å². The summed E-state index contributed by atoms with van der Waals surface area (Å²) < 4.78 is 44.8. The first-order chi connectivity index (χ1) is 13.9. The molecule has 5 nitrogen and oxygen atoms in total. The predicted octanol–water partition coefficient (Wildman–Crippen LogP) is 4.35. The molecule has 0 N–H and O–H groups in total. The van der Waals surface area contributed by atoms with E-state index < -0.39 is 11.7 Å². The zero-order valence-electron chi connectivity index (χ0n) is 15.5. The summed E-state index contributed by atoms with van der Waals surface area (Å²) in [6, 6.07) is 11.9. The lowest BCUT2D eigenvalue weighted by Crippen LogP contribution is -2.08. The Bertz CT molecular complexity index is 1000. The Morgan fingerprint density at radius 2 is 1.79 bits per heavy atom. The zero-order chi connectivity index (χ0) is 20.6. The van der Waals surface area contributed by atoms with Gasteiger partial charge in [-0.15, -0.1) is 0 Å². The summed E-state index contributed by atoms with van der Waals surface area (Å²) in [5.74, 6) is -0.413. The van der Waals surface area contributed by atoms with Gasteiger partial charge in [-0.3, -0.25) is 4.79 Å². The van der Waals surface area contributed by atoms with Crippen molar-refractivity contribution in [1.29, 1.82) is 0 Å². The minimum atomic E-state index is -4.44. The van der Waals surface area contributed by atoms with Crippen LogP contribution in [0.25, 0.3) is 5.82 Å². The maximum atomic E-state index is 12.7. The van der Waals surface area contributed by atoms with Crippen molar-refractivity contribution in [3.8, 4) is 5.82 Å². The van der Waals surface area contributed by atoms with E-state index in [0.717, 1.165) is 23.4 Å². The lowest BCUT2D eigenvalue weighted by atomic mass is 10.1. The van der Waals surface area contributed by atoms with E-state index in [-0.39, 0.29) is 29.5 Å². The second-order valence-electron chi connectivity index (χ2n) is 6.86. The molecule has 0 saturated heterocycles. The number of rotatable bonds is 5. The Hall–Kier alpha value is -3.16. The van der Waals surface area contributed by atoms with Gasteiger partial charge in [-0.2, -0.15) is 18.3 Å². The average molecular weight is 401 g/mol. The number of esters is 1. The van der Waals surface area contributed by atoms with E-state index in [1.807, 2.05) is 30.3 Å². The van der Waals surface area contributed by atoms with Gasteiger partial charge in [-0.05, 0) is 30.2 Å². The van der Waals surface area contributed by atoms with Crippen LogP contribution >= 0.6 is 0 Å².